The van der Waals surface area contributed by atoms with Crippen molar-refractivity contribution < 1.29 is 0 Å². The van der Waals surface area contributed by atoms with E-state index < -0.39 is 0 Å². The molecule has 0 aliphatic heterocycles. The molecule has 1 aromatic carbocycles. The molecule has 0 atom stereocenters. The maximum atomic E-state index is 8.16. The number of aromatic nitrogens is 1. The van der Waals surface area contributed by atoms with Crippen LogP contribution in [0.1, 0.15) is 18.4 Å². The molecule has 0 spiro atoms. The highest BCUT2D eigenvalue weighted by Gasteiger charge is 2.00. The molecule has 92 valence electrons. The van der Waals surface area contributed by atoms with Crippen molar-refractivity contribution in [2.75, 3.05) is 6.54 Å². The fourth-order valence-electron chi connectivity index (χ4n) is 1.74. The highest BCUT2D eigenvalue weighted by Crippen LogP contribution is 2.22. The van der Waals surface area contributed by atoms with Crippen molar-refractivity contribution in [1.82, 2.24) is 4.98 Å². The summed E-state index contributed by atoms with van der Waals surface area (Å²) >= 11 is 1.65. The molecule has 0 unspecified atom stereocenters. The largest absolute Gasteiger partial charge is 0.245 e. The first-order valence-corrected chi connectivity index (χ1v) is 6.78. The predicted octanol–water partition coefficient (Wildman–Crippen LogP) is 4.44. The van der Waals surface area contributed by atoms with Crippen LogP contribution in [-0.4, -0.2) is 11.5 Å². The third-order valence-electron chi connectivity index (χ3n) is 2.67. The molecule has 0 aliphatic carbocycles. The highest BCUT2D eigenvalue weighted by molar-refractivity contribution is 7.13. The molecule has 0 radical (unpaired) electrons. The molecule has 0 bridgehead atoms. The number of aryl methyl sites for hydroxylation is 1. The number of hydrogen-bond donors (Lipinski definition) is 0. The topological polar surface area (TPSA) is 61.7 Å². The van der Waals surface area contributed by atoms with Gasteiger partial charge in [0.25, 0.3) is 0 Å². The van der Waals surface area contributed by atoms with Gasteiger partial charge in [0.05, 0.1) is 0 Å². The molecule has 0 N–H and O–H groups in total. The maximum absolute atomic E-state index is 8.16. The molecule has 0 saturated heterocycles. The van der Waals surface area contributed by atoms with Gasteiger partial charge in [-0.2, -0.15) is 0 Å². The van der Waals surface area contributed by atoms with Crippen LogP contribution in [0.4, 0.5) is 0 Å². The molecule has 0 fully saturated rings. The van der Waals surface area contributed by atoms with Crippen LogP contribution in [0.5, 0.6) is 0 Å². The second-order valence-corrected chi connectivity index (χ2v) is 4.84. The van der Waals surface area contributed by atoms with Gasteiger partial charge in [-0.15, -0.1) is 11.3 Å². The average molecular weight is 258 g/mol. The number of unbranched alkanes of at least 4 members (excludes halogenated alkanes) is 1. The lowest BCUT2D eigenvalue weighted by Crippen LogP contribution is -1.87. The van der Waals surface area contributed by atoms with Gasteiger partial charge in [0, 0.05) is 28.6 Å². The molecule has 5 heteroatoms. The zero-order valence-corrected chi connectivity index (χ0v) is 10.8. The van der Waals surface area contributed by atoms with Crippen LogP contribution >= 0.6 is 11.3 Å². The summed E-state index contributed by atoms with van der Waals surface area (Å²) < 4.78 is 0. The molecule has 4 nitrogen and oxygen atoms in total. The second kappa shape index (κ2) is 6.79. The third-order valence-corrected chi connectivity index (χ3v) is 3.49. The minimum Gasteiger partial charge on any atom is -0.245 e. The fraction of sp³-hybridized carbons (Fsp3) is 0.308. The summed E-state index contributed by atoms with van der Waals surface area (Å²) in [6.45, 7) is 0.591. The molecule has 1 heterocycles. The quantitative estimate of drug-likeness (QED) is 0.327. The first kappa shape index (κ1) is 12.6. The lowest BCUT2D eigenvalue weighted by Gasteiger charge is -2.01. The Hall–Kier alpha value is -1.84. The lowest BCUT2D eigenvalue weighted by atomic mass is 10.1. The minimum atomic E-state index is 0.591. The number of azide groups is 1. The van der Waals surface area contributed by atoms with E-state index in [1.165, 1.54) is 11.1 Å². The summed E-state index contributed by atoms with van der Waals surface area (Å²) in [5, 5.41) is 6.57. The summed E-state index contributed by atoms with van der Waals surface area (Å²) in [5.74, 6) is 0. The van der Waals surface area contributed by atoms with Gasteiger partial charge in [-0.3, -0.25) is 0 Å². The zero-order valence-electron chi connectivity index (χ0n) is 9.99. The van der Waals surface area contributed by atoms with E-state index >= 15 is 0 Å². The van der Waals surface area contributed by atoms with Crippen LogP contribution < -0.4 is 0 Å². The van der Waals surface area contributed by atoms with Crippen molar-refractivity contribution in [3.63, 3.8) is 0 Å². The highest BCUT2D eigenvalue weighted by atomic mass is 32.1. The van der Waals surface area contributed by atoms with E-state index in [0.717, 1.165) is 24.3 Å². The Balaban J connectivity index is 1.86. The predicted molar refractivity (Wildman–Crippen MR) is 74.5 cm³/mol. The Morgan fingerprint density at radius 3 is 2.72 bits per heavy atom. The average Bonchev–Trinajstić information content (AvgIpc) is 2.93. The monoisotopic (exact) mass is 258 g/mol. The van der Waals surface area contributed by atoms with Crippen LogP contribution in [-0.2, 0) is 6.42 Å². The SMILES string of the molecule is [N-]=[N+]=NCCCCc1ccc(-c2nccs2)cc1. The van der Waals surface area contributed by atoms with Crippen molar-refractivity contribution in [3.05, 3.63) is 51.8 Å². The van der Waals surface area contributed by atoms with Crippen LogP contribution in [0.3, 0.4) is 0 Å². The number of hydrogen-bond acceptors (Lipinski definition) is 3. The van der Waals surface area contributed by atoms with Gasteiger partial charge in [0.2, 0.25) is 0 Å². The summed E-state index contributed by atoms with van der Waals surface area (Å²) in [4.78, 5) is 7.02. The normalized spacial score (nSPS) is 10.0. The Bertz CT molecular complexity index is 512. The van der Waals surface area contributed by atoms with Crippen LogP contribution in [0, 0.1) is 0 Å². The molecule has 2 aromatic rings. The maximum Gasteiger partial charge on any atom is 0.123 e. The smallest absolute Gasteiger partial charge is 0.123 e. The van der Waals surface area contributed by atoms with Crippen LogP contribution in [0.2, 0.25) is 0 Å². The van der Waals surface area contributed by atoms with Gasteiger partial charge in [0.1, 0.15) is 5.01 Å². The van der Waals surface area contributed by atoms with E-state index in [0.29, 0.717) is 6.54 Å². The summed E-state index contributed by atoms with van der Waals surface area (Å²) in [6.07, 6.45) is 4.84. The molecule has 2 rings (SSSR count). The van der Waals surface area contributed by atoms with Gasteiger partial charge >= 0.3 is 0 Å². The molecule has 0 aliphatic rings. The Kier molecular flexibility index (Phi) is 4.76. The summed E-state index contributed by atoms with van der Waals surface area (Å²) in [5.41, 5.74) is 10.6. The number of benzene rings is 1. The van der Waals surface area contributed by atoms with Crippen LogP contribution in [0.25, 0.3) is 21.0 Å². The van der Waals surface area contributed by atoms with Gasteiger partial charge in [-0.25, -0.2) is 4.98 Å². The van der Waals surface area contributed by atoms with Crippen molar-refractivity contribution in [3.8, 4) is 10.6 Å². The Labute approximate surface area is 110 Å². The number of rotatable bonds is 6. The first-order valence-electron chi connectivity index (χ1n) is 5.90. The molecule has 0 amide bonds. The van der Waals surface area contributed by atoms with E-state index in [4.69, 9.17) is 5.53 Å². The van der Waals surface area contributed by atoms with E-state index in [-0.39, 0.29) is 0 Å². The van der Waals surface area contributed by atoms with E-state index in [1.807, 2.05) is 11.6 Å². The van der Waals surface area contributed by atoms with E-state index in [9.17, 15) is 0 Å². The van der Waals surface area contributed by atoms with E-state index in [2.05, 4.69) is 39.3 Å². The van der Waals surface area contributed by atoms with Crippen molar-refractivity contribution in [2.24, 2.45) is 5.11 Å². The summed E-state index contributed by atoms with van der Waals surface area (Å²) in [7, 11) is 0. The molecule has 1 aromatic heterocycles. The Morgan fingerprint density at radius 2 is 2.06 bits per heavy atom. The van der Waals surface area contributed by atoms with Gasteiger partial charge in [-0.1, -0.05) is 29.4 Å². The third kappa shape index (κ3) is 3.58. The minimum absolute atomic E-state index is 0.591. The Morgan fingerprint density at radius 1 is 1.22 bits per heavy atom. The van der Waals surface area contributed by atoms with Gasteiger partial charge in [0.15, 0.2) is 0 Å². The van der Waals surface area contributed by atoms with Crippen LogP contribution in [0.15, 0.2) is 41.0 Å². The molecule has 18 heavy (non-hydrogen) atoms. The molecule has 0 saturated carbocycles. The molecular formula is C13H14N4S. The van der Waals surface area contributed by atoms with Crippen molar-refractivity contribution in [1.29, 1.82) is 0 Å². The van der Waals surface area contributed by atoms with Gasteiger partial charge < -0.3 is 0 Å². The number of nitrogens with zero attached hydrogens (tertiary/aromatic N) is 4. The zero-order chi connectivity index (χ0) is 12.6. The molecular weight excluding hydrogens is 244 g/mol. The number of thiazole rings is 1. The fourth-order valence-corrected chi connectivity index (χ4v) is 2.38. The van der Waals surface area contributed by atoms with Crippen molar-refractivity contribution in [2.45, 2.75) is 19.3 Å². The lowest BCUT2D eigenvalue weighted by molar-refractivity contribution is 0.742. The summed E-state index contributed by atoms with van der Waals surface area (Å²) in [6, 6.07) is 8.51. The van der Waals surface area contributed by atoms with Gasteiger partial charge in [-0.05, 0) is 30.4 Å². The van der Waals surface area contributed by atoms with E-state index in [1.54, 1.807) is 11.3 Å². The van der Waals surface area contributed by atoms with Crippen molar-refractivity contribution >= 4 is 11.3 Å². The first-order chi connectivity index (χ1) is 8.90. The second-order valence-electron chi connectivity index (χ2n) is 3.95. The standard InChI is InChI=1S/C13H14N4S/c14-17-16-8-2-1-3-11-4-6-12(7-5-11)13-15-9-10-18-13/h4-7,9-10H,1-3,8H2.